The fourth-order valence-electron chi connectivity index (χ4n) is 2.21. The third kappa shape index (κ3) is 2.54. The van der Waals surface area contributed by atoms with E-state index in [1.807, 2.05) is 38.1 Å². The van der Waals surface area contributed by atoms with Crippen LogP contribution in [0.1, 0.15) is 20.8 Å². The molecule has 1 amide bonds. The first-order chi connectivity index (χ1) is 10.1. The minimum absolute atomic E-state index is 0.204. The zero-order valence-electron chi connectivity index (χ0n) is 11.7. The molecule has 2 aromatic carbocycles. The van der Waals surface area contributed by atoms with Gasteiger partial charge in [-0.3, -0.25) is 4.79 Å². The highest BCUT2D eigenvalue weighted by Gasteiger charge is 2.13. The Balaban J connectivity index is 1.94. The number of hydrogen-bond acceptors (Lipinski definition) is 2. The zero-order chi connectivity index (χ0) is 15.0. The molecule has 0 spiro atoms. The maximum absolute atomic E-state index is 13.7. The Bertz CT molecular complexity index is 838. The number of carbonyl (C=O) groups is 1. The molecule has 2 nitrogen and oxygen atoms in total. The van der Waals surface area contributed by atoms with Gasteiger partial charge in [-0.2, -0.15) is 0 Å². The predicted molar refractivity (Wildman–Crippen MR) is 85.7 cm³/mol. The van der Waals surface area contributed by atoms with Gasteiger partial charge < -0.3 is 5.32 Å². The van der Waals surface area contributed by atoms with Crippen LogP contribution in [0.15, 0.2) is 42.5 Å². The van der Waals surface area contributed by atoms with E-state index in [0.717, 1.165) is 21.5 Å². The molecule has 1 N–H and O–H groups in total. The van der Waals surface area contributed by atoms with Crippen molar-refractivity contribution in [3.8, 4) is 0 Å². The molecule has 0 aliphatic heterocycles. The predicted octanol–water partition coefficient (Wildman–Crippen LogP) is 4.91. The average Bonchev–Trinajstić information content (AvgIpc) is 2.89. The zero-order valence-corrected chi connectivity index (χ0v) is 12.6. The van der Waals surface area contributed by atoms with Gasteiger partial charge in [-0.1, -0.05) is 18.2 Å². The van der Waals surface area contributed by atoms with Crippen LogP contribution in [0.5, 0.6) is 0 Å². The maximum atomic E-state index is 13.7. The second-order valence-electron chi connectivity index (χ2n) is 4.96. The van der Waals surface area contributed by atoms with Crippen molar-refractivity contribution in [2.24, 2.45) is 0 Å². The lowest BCUT2D eigenvalue weighted by Crippen LogP contribution is -2.11. The molecule has 0 radical (unpaired) electrons. The van der Waals surface area contributed by atoms with Crippen molar-refractivity contribution < 1.29 is 9.18 Å². The molecule has 1 heterocycles. The van der Waals surface area contributed by atoms with E-state index in [1.54, 1.807) is 12.1 Å². The van der Waals surface area contributed by atoms with E-state index in [9.17, 15) is 9.18 Å². The first kappa shape index (κ1) is 13.8. The lowest BCUT2D eigenvalue weighted by molar-refractivity contribution is 0.103. The van der Waals surface area contributed by atoms with Crippen molar-refractivity contribution in [2.75, 3.05) is 5.32 Å². The van der Waals surface area contributed by atoms with E-state index < -0.39 is 0 Å². The van der Waals surface area contributed by atoms with E-state index in [4.69, 9.17) is 0 Å². The standard InChI is InChI=1S/C17H14FNOS/c1-10-5-3-7-14(11(10)2)19-17(20)16-9-12-13(18)6-4-8-15(12)21-16/h3-9H,1-2H3,(H,19,20). The lowest BCUT2D eigenvalue weighted by atomic mass is 10.1. The van der Waals surface area contributed by atoms with Crippen LogP contribution < -0.4 is 5.32 Å². The topological polar surface area (TPSA) is 29.1 Å². The molecule has 0 atom stereocenters. The fraction of sp³-hybridized carbons (Fsp3) is 0.118. The number of halogens is 1. The van der Waals surface area contributed by atoms with Crippen molar-refractivity contribution in [1.82, 2.24) is 0 Å². The molecule has 0 saturated heterocycles. The van der Waals surface area contributed by atoms with Gasteiger partial charge in [0.2, 0.25) is 0 Å². The number of nitrogens with one attached hydrogen (secondary N) is 1. The summed E-state index contributed by atoms with van der Waals surface area (Å²) in [4.78, 5) is 12.8. The molecule has 0 saturated carbocycles. The summed E-state index contributed by atoms with van der Waals surface area (Å²) >= 11 is 1.30. The third-order valence-corrected chi connectivity index (χ3v) is 4.68. The fourth-order valence-corrected chi connectivity index (χ4v) is 3.18. The number of aryl methyl sites for hydroxylation is 1. The van der Waals surface area contributed by atoms with Crippen LogP contribution in [-0.4, -0.2) is 5.91 Å². The largest absolute Gasteiger partial charge is 0.321 e. The van der Waals surface area contributed by atoms with Gasteiger partial charge in [0.25, 0.3) is 5.91 Å². The molecule has 1 aromatic heterocycles. The molecule has 0 bridgehead atoms. The van der Waals surface area contributed by atoms with E-state index in [2.05, 4.69) is 5.32 Å². The van der Waals surface area contributed by atoms with Crippen molar-refractivity contribution in [3.63, 3.8) is 0 Å². The molecule has 106 valence electrons. The summed E-state index contributed by atoms with van der Waals surface area (Å²) < 4.78 is 14.5. The van der Waals surface area contributed by atoms with Crippen LogP contribution in [0.3, 0.4) is 0 Å². The molecular weight excluding hydrogens is 285 g/mol. The van der Waals surface area contributed by atoms with E-state index in [1.165, 1.54) is 17.4 Å². The third-order valence-electron chi connectivity index (χ3n) is 3.58. The quantitative estimate of drug-likeness (QED) is 0.715. The highest BCUT2D eigenvalue weighted by Crippen LogP contribution is 2.28. The van der Waals surface area contributed by atoms with Crippen LogP contribution in [0.2, 0.25) is 0 Å². The number of hydrogen-bond donors (Lipinski definition) is 1. The Kier molecular flexibility index (Phi) is 3.47. The van der Waals surface area contributed by atoms with Crippen LogP contribution in [0.25, 0.3) is 10.1 Å². The molecule has 21 heavy (non-hydrogen) atoms. The second-order valence-corrected chi connectivity index (χ2v) is 6.05. The normalized spacial score (nSPS) is 10.8. The Morgan fingerprint density at radius 1 is 1.14 bits per heavy atom. The van der Waals surface area contributed by atoms with Crippen LogP contribution >= 0.6 is 11.3 Å². The number of carbonyl (C=O) groups excluding carboxylic acids is 1. The second kappa shape index (κ2) is 5.30. The van der Waals surface area contributed by atoms with E-state index >= 15 is 0 Å². The van der Waals surface area contributed by atoms with Gasteiger partial charge in [-0.15, -0.1) is 11.3 Å². The molecule has 0 unspecified atom stereocenters. The molecule has 0 aliphatic rings. The molecule has 0 fully saturated rings. The summed E-state index contributed by atoms with van der Waals surface area (Å²) in [6.07, 6.45) is 0. The smallest absolute Gasteiger partial charge is 0.265 e. The van der Waals surface area contributed by atoms with Gasteiger partial charge in [0.15, 0.2) is 0 Å². The molecule has 3 rings (SSSR count). The highest BCUT2D eigenvalue weighted by atomic mass is 32.1. The highest BCUT2D eigenvalue weighted by molar-refractivity contribution is 7.20. The Hall–Kier alpha value is -2.20. The van der Waals surface area contributed by atoms with Crippen molar-refractivity contribution >= 4 is 33.0 Å². The molecule has 4 heteroatoms. The SMILES string of the molecule is Cc1cccc(NC(=O)c2cc3c(F)cccc3s2)c1C. The maximum Gasteiger partial charge on any atom is 0.265 e. The molecular formula is C17H14FNOS. The van der Waals surface area contributed by atoms with Gasteiger partial charge in [-0.05, 0) is 49.2 Å². The van der Waals surface area contributed by atoms with E-state index in [-0.39, 0.29) is 11.7 Å². The minimum atomic E-state index is -0.297. The number of fused-ring (bicyclic) bond motifs is 1. The number of benzene rings is 2. The van der Waals surface area contributed by atoms with Crippen molar-refractivity contribution in [2.45, 2.75) is 13.8 Å². The summed E-state index contributed by atoms with van der Waals surface area (Å²) in [7, 11) is 0. The Morgan fingerprint density at radius 2 is 1.90 bits per heavy atom. The number of rotatable bonds is 2. The summed E-state index contributed by atoms with van der Waals surface area (Å²) in [6.45, 7) is 3.97. The Morgan fingerprint density at radius 3 is 2.67 bits per heavy atom. The van der Waals surface area contributed by atoms with Gasteiger partial charge in [-0.25, -0.2) is 4.39 Å². The number of thiophene rings is 1. The molecule has 3 aromatic rings. The van der Waals surface area contributed by atoms with Gasteiger partial charge in [0.05, 0.1) is 4.88 Å². The van der Waals surface area contributed by atoms with Gasteiger partial charge >= 0.3 is 0 Å². The molecule has 0 aliphatic carbocycles. The first-order valence-electron chi connectivity index (χ1n) is 6.62. The first-order valence-corrected chi connectivity index (χ1v) is 7.43. The summed E-state index contributed by atoms with van der Waals surface area (Å²) in [6, 6.07) is 12.3. The average molecular weight is 299 g/mol. The van der Waals surface area contributed by atoms with Crippen LogP contribution in [0, 0.1) is 19.7 Å². The number of anilines is 1. The number of amides is 1. The summed E-state index contributed by atoms with van der Waals surface area (Å²) in [5.74, 6) is -0.501. The van der Waals surface area contributed by atoms with Crippen LogP contribution in [0.4, 0.5) is 10.1 Å². The monoisotopic (exact) mass is 299 g/mol. The lowest BCUT2D eigenvalue weighted by Gasteiger charge is -2.09. The van der Waals surface area contributed by atoms with E-state index in [0.29, 0.717) is 10.3 Å². The van der Waals surface area contributed by atoms with Crippen LogP contribution in [-0.2, 0) is 0 Å². The summed E-state index contributed by atoms with van der Waals surface area (Å²) in [5.41, 5.74) is 2.95. The summed E-state index contributed by atoms with van der Waals surface area (Å²) in [5, 5.41) is 3.39. The van der Waals surface area contributed by atoms with Gasteiger partial charge in [0.1, 0.15) is 5.82 Å². The minimum Gasteiger partial charge on any atom is -0.321 e. The Labute approximate surface area is 126 Å². The van der Waals surface area contributed by atoms with Gasteiger partial charge in [0, 0.05) is 15.8 Å². The van der Waals surface area contributed by atoms with Crippen molar-refractivity contribution in [1.29, 1.82) is 0 Å². The van der Waals surface area contributed by atoms with Crippen molar-refractivity contribution in [3.05, 3.63) is 64.3 Å².